The summed E-state index contributed by atoms with van der Waals surface area (Å²) in [6.45, 7) is 2.00. The zero-order valence-electron chi connectivity index (χ0n) is 12.6. The molecular weight excluding hydrogens is 268 g/mol. The Morgan fingerprint density at radius 1 is 0.905 bits per heavy atom. The van der Waals surface area contributed by atoms with Gasteiger partial charge in [-0.05, 0) is 36.8 Å². The molecule has 21 heavy (non-hydrogen) atoms. The number of rotatable bonds is 5. The molecule has 0 saturated carbocycles. The molecule has 0 aliphatic rings. The minimum Gasteiger partial charge on any atom is -0.496 e. The Morgan fingerprint density at radius 3 is 2.19 bits per heavy atom. The fourth-order valence-electron chi connectivity index (χ4n) is 2.28. The van der Waals surface area contributed by atoms with Crippen LogP contribution in [0.15, 0.2) is 30.3 Å². The lowest BCUT2D eigenvalue weighted by molar-refractivity contribution is 0.112. The van der Waals surface area contributed by atoms with Crippen LogP contribution in [0.3, 0.4) is 0 Å². The third kappa shape index (κ3) is 2.84. The number of methoxy groups -OCH3 is 3. The lowest BCUT2D eigenvalue weighted by Crippen LogP contribution is -1.97. The highest BCUT2D eigenvalue weighted by Crippen LogP contribution is 2.38. The second-order valence-corrected chi connectivity index (χ2v) is 4.62. The highest BCUT2D eigenvalue weighted by atomic mass is 16.5. The Bertz CT molecular complexity index is 662. The predicted molar refractivity (Wildman–Crippen MR) is 81.7 cm³/mol. The Kier molecular flexibility index (Phi) is 4.48. The van der Waals surface area contributed by atoms with Crippen LogP contribution >= 0.6 is 0 Å². The lowest BCUT2D eigenvalue weighted by atomic mass is 9.99. The third-order valence-electron chi connectivity index (χ3n) is 3.30. The van der Waals surface area contributed by atoms with Gasteiger partial charge in [0.15, 0.2) is 17.8 Å². The molecule has 4 nitrogen and oxygen atoms in total. The molecule has 2 aromatic carbocycles. The average molecular weight is 286 g/mol. The summed E-state index contributed by atoms with van der Waals surface area (Å²) < 4.78 is 16.0. The first-order valence-corrected chi connectivity index (χ1v) is 6.50. The average Bonchev–Trinajstić information content (AvgIpc) is 2.53. The van der Waals surface area contributed by atoms with Gasteiger partial charge in [0.05, 0.1) is 26.9 Å². The molecule has 0 fully saturated rings. The van der Waals surface area contributed by atoms with Gasteiger partial charge in [-0.1, -0.05) is 11.6 Å². The molecule has 0 bridgehead atoms. The van der Waals surface area contributed by atoms with Crippen LogP contribution in [0.5, 0.6) is 17.2 Å². The Hall–Kier alpha value is -2.49. The molecule has 4 heteroatoms. The zero-order valence-corrected chi connectivity index (χ0v) is 12.6. The van der Waals surface area contributed by atoms with Crippen molar-refractivity contribution in [2.24, 2.45) is 0 Å². The second-order valence-electron chi connectivity index (χ2n) is 4.62. The van der Waals surface area contributed by atoms with Crippen LogP contribution in [-0.4, -0.2) is 27.6 Å². The molecule has 2 rings (SSSR count). The van der Waals surface area contributed by atoms with Gasteiger partial charge in [0.1, 0.15) is 5.75 Å². The summed E-state index contributed by atoms with van der Waals surface area (Å²) in [7, 11) is 4.68. The van der Waals surface area contributed by atoms with Crippen molar-refractivity contribution in [2.75, 3.05) is 21.3 Å². The van der Waals surface area contributed by atoms with Crippen LogP contribution in [0.1, 0.15) is 15.9 Å². The van der Waals surface area contributed by atoms with Crippen molar-refractivity contribution in [2.45, 2.75) is 6.92 Å². The molecule has 0 aromatic heterocycles. The Morgan fingerprint density at radius 2 is 1.62 bits per heavy atom. The topological polar surface area (TPSA) is 44.8 Å². The molecule has 0 aliphatic heterocycles. The number of hydrogen-bond donors (Lipinski definition) is 0. The summed E-state index contributed by atoms with van der Waals surface area (Å²) >= 11 is 0. The van der Waals surface area contributed by atoms with Crippen molar-refractivity contribution in [3.05, 3.63) is 41.5 Å². The monoisotopic (exact) mass is 286 g/mol. The van der Waals surface area contributed by atoms with E-state index in [0.717, 1.165) is 28.7 Å². The minimum atomic E-state index is 0.433. The number of aldehydes is 1. The van der Waals surface area contributed by atoms with Crippen molar-refractivity contribution in [3.63, 3.8) is 0 Å². The molecule has 0 saturated heterocycles. The number of hydrogen-bond acceptors (Lipinski definition) is 4. The van der Waals surface area contributed by atoms with E-state index in [-0.39, 0.29) is 0 Å². The highest BCUT2D eigenvalue weighted by molar-refractivity contribution is 5.86. The van der Waals surface area contributed by atoms with E-state index in [1.807, 2.05) is 31.2 Å². The summed E-state index contributed by atoms with van der Waals surface area (Å²) in [6.07, 6.45) is 0.757. The number of benzene rings is 2. The van der Waals surface area contributed by atoms with Gasteiger partial charge < -0.3 is 14.2 Å². The smallest absolute Gasteiger partial charge is 0.171 e. The van der Waals surface area contributed by atoms with Crippen molar-refractivity contribution in [3.8, 4) is 28.4 Å². The van der Waals surface area contributed by atoms with E-state index in [0.29, 0.717) is 17.1 Å². The number of carbonyl (C=O) groups is 1. The van der Waals surface area contributed by atoms with Crippen LogP contribution in [0.4, 0.5) is 0 Å². The standard InChI is InChI=1S/C17H18O4/c1-11-5-6-15(19-2)14(7-11)12-8-13(10-18)17(21-4)16(9-12)20-3/h5-10H,1-4H3. The Labute approximate surface area is 124 Å². The van der Waals surface area contributed by atoms with Gasteiger partial charge in [-0.2, -0.15) is 0 Å². The molecule has 0 atom stereocenters. The van der Waals surface area contributed by atoms with Crippen LogP contribution in [0.25, 0.3) is 11.1 Å². The molecule has 0 unspecified atom stereocenters. The van der Waals surface area contributed by atoms with Gasteiger partial charge in [-0.15, -0.1) is 0 Å². The maximum Gasteiger partial charge on any atom is 0.171 e. The van der Waals surface area contributed by atoms with E-state index in [1.54, 1.807) is 20.3 Å². The SMILES string of the molecule is COc1ccc(C)cc1-c1cc(C=O)c(OC)c(OC)c1. The molecule has 0 amide bonds. The van der Waals surface area contributed by atoms with E-state index >= 15 is 0 Å². The first kappa shape index (κ1) is 14.9. The van der Waals surface area contributed by atoms with Gasteiger partial charge in [0, 0.05) is 5.56 Å². The van der Waals surface area contributed by atoms with Crippen molar-refractivity contribution < 1.29 is 19.0 Å². The van der Waals surface area contributed by atoms with Crippen LogP contribution in [-0.2, 0) is 0 Å². The van der Waals surface area contributed by atoms with E-state index in [1.165, 1.54) is 7.11 Å². The van der Waals surface area contributed by atoms with Gasteiger partial charge in [0.25, 0.3) is 0 Å². The van der Waals surface area contributed by atoms with Crippen LogP contribution in [0.2, 0.25) is 0 Å². The largest absolute Gasteiger partial charge is 0.496 e. The molecule has 0 radical (unpaired) electrons. The number of aryl methyl sites for hydroxylation is 1. The fourth-order valence-corrected chi connectivity index (χ4v) is 2.28. The molecule has 0 heterocycles. The van der Waals surface area contributed by atoms with Crippen LogP contribution < -0.4 is 14.2 Å². The van der Waals surface area contributed by atoms with Crippen LogP contribution in [0, 0.1) is 6.92 Å². The van der Waals surface area contributed by atoms with Gasteiger partial charge in [-0.25, -0.2) is 0 Å². The molecule has 2 aromatic rings. The third-order valence-corrected chi connectivity index (χ3v) is 3.30. The lowest BCUT2D eigenvalue weighted by Gasteiger charge is -2.14. The summed E-state index contributed by atoms with van der Waals surface area (Å²) in [6, 6.07) is 9.50. The van der Waals surface area contributed by atoms with Gasteiger partial charge >= 0.3 is 0 Å². The van der Waals surface area contributed by atoms with E-state index < -0.39 is 0 Å². The van der Waals surface area contributed by atoms with Gasteiger partial charge in [0.2, 0.25) is 0 Å². The first-order valence-electron chi connectivity index (χ1n) is 6.50. The van der Waals surface area contributed by atoms with E-state index in [2.05, 4.69) is 0 Å². The summed E-state index contributed by atoms with van der Waals surface area (Å²) in [4.78, 5) is 11.3. The minimum absolute atomic E-state index is 0.433. The van der Waals surface area contributed by atoms with Crippen molar-refractivity contribution in [1.29, 1.82) is 0 Å². The number of carbonyl (C=O) groups excluding carboxylic acids is 1. The molecule has 0 N–H and O–H groups in total. The summed E-state index contributed by atoms with van der Waals surface area (Å²) in [5, 5.41) is 0. The predicted octanol–water partition coefficient (Wildman–Crippen LogP) is 3.50. The number of ether oxygens (including phenoxy) is 3. The summed E-state index contributed by atoms with van der Waals surface area (Å²) in [5.41, 5.74) is 3.29. The van der Waals surface area contributed by atoms with E-state index in [9.17, 15) is 4.79 Å². The summed E-state index contributed by atoms with van der Waals surface area (Å²) in [5.74, 6) is 1.69. The van der Waals surface area contributed by atoms with Gasteiger partial charge in [-0.3, -0.25) is 4.79 Å². The zero-order chi connectivity index (χ0) is 15.4. The quantitative estimate of drug-likeness (QED) is 0.789. The van der Waals surface area contributed by atoms with E-state index in [4.69, 9.17) is 14.2 Å². The molecule has 0 aliphatic carbocycles. The fraction of sp³-hybridized carbons (Fsp3) is 0.235. The first-order chi connectivity index (χ1) is 10.1. The normalized spacial score (nSPS) is 10.1. The molecule has 110 valence electrons. The Balaban J connectivity index is 2.70. The maximum absolute atomic E-state index is 11.3. The van der Waals surface area contributed by atoms with Crippen molar-refractivity contribution in [1.82, 2.24) is 0 Å². The molecular formula is C17H18O4. The molecule has 0 spiro atoms. The second kappa shape index (κ2) is 6.31. The highest BCUT2D eigenvalue weighted by Gasteiger charge is 2.15. The van der Waals surface area contributed by atoms with Crippen molar-refractivity contribution >= 4 is 6.29 Å². The maximum atomic E-state index is 11.3.